The number of alkyl halides is 1. The molecule has 0 heterocycles. The zero-order valence-electron chi connectivity index (χ0n) is 2.83. The van der Waals surface area contributed by atoms with E-state index in [0.717, 1.165) is 0 Å². The third-order valence-electron chi connectivity index (χ3n) is 0. The molecule has 0 fully saturated rings. The van der Waals surface area contributed by atoms with Crippen molar-refractivity contribution < 1.29 is 35.0 Å². The third-order valence-corrected chi connectivity index (χ3v) is 0. The molecule has 0 spiro atoms. The van der Waals surface area contributed by atoms with Crippen LogP contribution in [0.1, 0.15) is 0 Å². The molecule has 0 radical (unpaired) electrons. The second kappa shape index (κ2) is 28.7. The predicted molar refractivity (Wildman–Crippen MR) is 13.7 cm³/mol. The van der Waals surface area contributed by atoms with Crippen molar-refractivity contribution in [3.63, 3.8) is 0 Å². The van der Waals surface area contributed by atoms with Crippen LogP contribution < -0.4 is 29.6 Å². The maximum absolute atomic E-state index is 4.64. The summed E-state index contributed by atoms with van der Waals surface area (Å²) in [5, 5.41) is 0. The van der Waals surface area contributed by atoms with Crippen LogP contribution in [0.3, 0.4) is 0 Å². The fourth-order valence-corrected chi connectivity index (χ4v) is 0. The fourth-order valence-electron chi connectivity index (χ4n) is 0. The molecule has 0 unspecified atom stereocenters. The van der Waals surface area contributed by atoms with Gasteiger partial charge in [-0.2, -0.15) is 0 Å². The van der Waals surface area contributed by atoms with Crippen LogP contribution in [0.2, 0.25) is 0 Å². The van der Waals surface area contributed by atoms with Crippen molar-refractivity contribution >= 4 is 11.6 Å². The molecule has 0 aliphatic heterocycles. The van der Waals surface area contributed by atoms with E-state index in [0.29, 0.717) is 0 Å². The first-order valence-electron chi connectivity index (χ1n) is 0.378. The molecule has 0 saturated heterocycles. The van der Waals surface area contributed by atoms with E-state index in [9.17, 15) is 0 Å². The number of rotatable bonds is 0. The van der Waals surface area contributed by atoms with Gasteiger partial charge < -0.3 is 5.48 Å². The average Bonchev–Trinajstić information content (AvgIpc) is 1.00. The van der Waals surface area contributed by atoms with Gasteiger partial charge in [0.05, 0.1) is 0 Å². The molecule has 1 N–H and O–H groups in total. The molecule has 0 rings (SSSR count). The minimum Gasteiger partial charge on any atom is -0.870 e. The number of hydrogen-bond acceptors (Lipinski definition) is 1. The molecule has 0 aliphatic carbocycles. The van der Waals surface area contributed by atoms with Crippen molar-refractivity contribution in [2.24, 2.45) is 0 Å². The van der Waals surface area contributed by atoms with Crippen molar-refractivity contribution in [2.75, 3.05) is 6.38 Å². The minimum absolute atomic E-state index is 0. The predicted octanol–water partition coefficient (Wildman–Crippen LogP) is -2.32. The second-order valence-corrected chi connectivity index (χ2v) is 0. The van der Waals surface area contributed by atoms with E-state index in [1.54, 1.807) is 0 Å². The second-order valence-electron chi connectivity index (χ2n) is 0. The van der Waals surface area contributed by atoms with E-state index >= 15 is 0 Å². The first-order valence-corrected chi connectivity index (χ1v) is 1.13. The van der Waals surface area contributed by atoms with Gasteiger partial charge in [-0.3, -0.25) is 0 Å². The quantitative estimate of drug-likeness (QED) is 0.243. The van der Waals surface area contributed by atoms with Crippen LogP contribution in [-0.2, 0) is 0 Å². The molecule has 0 aromatic heterocycles. The van der Waals surface area contributed by atoms with Crippen LogP contribution in [-0.4, -0.2) is 11.9 Å². The maximum atomic E-state index is 4.64. The Balaban J connectivity index is -0.00000000500. The fraction of sp³-hybridized carbons (Fsp3) is 1.00. The summed E-state index contributed by atoms with van der Waals surface area (Å²) >= 11 is 4.64. The first-order chi connectivity index (χ1) is 1.00. The summed E-state index contributed by atoms with van der Waals surface area (Å²) < 4.78 is 0. The van der Waals surface area contributed by atoms with Gasteiger partial charge in [0, 0.05) is 6.38 Å². The van der Waals surface area contributed by atoms with Gasteiger partial charge in [0.15, 0.2) is 0 Å². The summed E-state index contributed by atoms with van der Waals surface area (Å²) in [5.41, 5.74) is 0. The summed E-state index contributed by atoms with van der Waals surface area (Å²) in [7, 11) is 0. The molecule has 0 aliphatic rings. The van der Waals surface area contributed by atoms with Gasteiger partial charge >= 0.3 is 29.6 Å². The molecule has 0 atom stereocenters. The van der Waals surface area contributed by atoms with Gasteiger partial charge in [0.25, 0.3) is 0 Å². The Bertz CT molecular complexity index is 8.00. The minimum atomic E-state index is 0. The molecular weight excluding hydrogens is 86.5 g/mol. The van der Waals surface area contributed by atoms with E-state index in [2.05, 4.69) is 11.6 Å². The molecule has 0 saturated carbocycles. The van der Waals surface area contributed by atoms with Crippen LogP contribution in [0.4, 0.5) is 0 Å². The van der Waals surface area contributed by atoms with Gasteiger partial charge in [-0.25, -0.2) is 0 Å². The Morgan fingerprint density at radius 3 is 1.25 bits per heavy atom. The van der Waals surface area contributed by atoms with Gasteiger partial charge in [0.2, 0.25) is 0 Å². The van der Waals surface area contributed by atoms with Gasteiger partial charge in [-0.05, 0) is 0 Å². The van der Waals surface area contributed by atoms with Crippen LogP contribution in [0.5, 0.6) is 0 Å². The van der Waals surface area contributed by atoms with Crippen molar-refractivity contribution in [2.45, 2.75) is 0 Å². The molecular formula is CH4ClNaO. The van der Waals surface area contributed by atoms with Crippen LogP contribution >= 0.6 is 11.6 Å². The van der Waals surface area contributed by atoms with Gasteiger partial charge in [-0.15, -0.1) is 11.6 Å². The van der Waals surface area contributed by atoms with Crippen molar-refractivity contribution in [1.82, 2.24) is 0 Å². The maximum Gasteiger partial charge on any atom is 1.00 e. The smallest absolute Gasteiger partial charge is 0.870 e. The molecule has 4 heavy (non-hydrogen) atoms. The van der Waals surface area contributed by atoms with Crippen LogP contribution in [0.25, 0.3) is 0 Å². The average molecular weight is 90.5 g/mol. The molecule has 0 amide bonds. The molecule has 0 aromatic rings. The summed E-state index contributed by atoms with van der Waals surface area (Å²) in [5.74, 6) is 0. The molecule has 22 valence electrons. The normalized spacial score (nSPS) is 1.50. The van der Waals surface area contributed by atoms with Crippen LogP contribution in [0.15, 0.2) is 0 Å². The largest absolute Gasteiger partial charge is 1.00 e. The Hall–Kier alpha value is 1.25. The monoisotopic (exact) mass is 90.0 g/mol. The zero-order chi connectivity index (χ0) is 2.00. The van der Waals surface area contributed by atoms with Crippen molar-refractivity contribution in [3.8, 4) is 0 Å². The Kier molecular flexibility index (Phi) is 135. The van der Waals surface area contributed by atoms with Gasteiger partial charge in [-0.1, -0.05) is 0 Å². The molecule has 3 heteroatoms. The Morgan fingerprint density at radius 2 is 1.25 bits per heavy atom. The zero-order valence-corrected chi connectivity index (χ0v) is 5.58. The van der Waals surface area contributed by atoms with E-state index in [-0.39, 0.29) is 35.0 Å². The third kappa shape index (κ3) is 10.5. The van der Waals surface area contributed by atoms with Crippen LogP contribution in [0, 0.1) is 0 Å². The molecule has 0 bridgehead atoms. The number of halogens is 1. The Labute approximate surface area is 52.9 Å². The van der Waals surface area contributed by atoms with E-state index < -0.39 is 0 Å². The Morgan fingerprint density at radius 1 is 1.25 bits per heavy atom. The summed E-state index contributed by atoms with van der Waals surface area (Å²) in [4.78, 5) is 0. The van der Waals surface area contributed by atoms with E-state index in [4.69, 9.17) is 0 Å². The van der Waals surface area contributed by atoms with E-state index in [1.807, 2.05) is 0 Å². The first kappa shape index (κ1) is 18.7. The van der Waals surface area contributed by atoms with Crippen molar-refractivity contribution in [1.29, 1.82) is 0 Å². The summed E-state index contributed by atoms with van der Waals surface area (Å²) in [6.45, 7) is 0. The molecule has 0 aromatic carbocycles. The summed E-state index contributed by atoms with van der Waals surface area (Å²) in [6, 6.07) is 0. The summed E-state index contributed by atoms with van der Waals surface area (Å²) in [6.07, 6.45) is 1.47. The number of hydrogen-bond donors (Lipinski definition) is 0. The van der Waals surface area contributed by atoms with Crippen molar-refractivity contribution in [3.05, 3.63) is 0 Å². The topological polar surface area (TPSA) is 30.0 Å². The molecule has 1 nitrogen and oxygen atoms in total. The van der Waals surface area contributed by atoms with E-state index in [1.165, 1.54) is 6.38 Å². The SMILES string of the molecule is CCl.[Na+].[OH-]. The standard InChI is InChI=1S/CH3Cl.Na.H2O/c1-2;;/h1H3;;1H2/q;+1;/p-1. The van der Waals surface area contributed by atoms with Gasteiger partial charge in [0.1, 0.15) is 0 Å².